The van der Waals surface area contributed by atoms with E-state index in [4.69, 9.17) is 0 Å². The molecule has 0 saturated heterocycles. The zero-order valence-corrected chi connectivity index (χ0v) is 10.8. The predicted molar refractivity (Wildman–Crippen MR) is 65.8 cm³/mol. The first-order chi connectivity index (χ1) is 7.55. The summed E-state index contributed by atoms with van der Waals surface area (Å²) < 4.78 is 2.04. The van der Waals surface area contributed by atoms with Gasteiger partial charge in [0, 0.05) is 0 Å². The van der Waals surface area contributed by atoms with Crippen molar-refractivity contribution < 1.29 is 0 Å². The zero-order chi connectivity index (χ0) is 11.3. The zero-order valence-electron chi connectivity index (χ0n) is 10.0. The van der Waals surface area contributed by atoms with Gasteiger partial charge >= 0.3 is 0 Å². The number of aromatic nitrogens is 3. The average Bonchev–Trinajstić information content (AvgIpc) is 2.74. The Morgan fingerprint density at radius 1 is 1.44 bits per heavy atom. The SMILES string of the molecule is CC(C)(C)C1CCc2nc3scnn3c2C1. The third-order valence-corrected chi connectivity index (χ3v) is 4.39. The summed E-state index contributed by atoms with van der Waals surface area (Å²) in [5, 5.41) is 4.38. The van der Waals surface area contributed by atoms with Crippen LogP contribution < -0.4 is 0 Å². The Hall–Kier alpha value is -0.900. The van der Waals surface area contributed by atoms with Crippen molar-refractivity contribution in [3.05, 3.63) is 16.9 Å². The van der Waals surface area contributed by atoms with E-state index >= 15 is 0 Å². The second-order valence-electron chi connectivity index (χ2n) is 5.74. The van der Waals surface area contributed by atoms with Gasteiger partial charge in [0.2, 0.25) is 4.96 Å². The summed E-state index contributed by atoms with van der Waals surface area (Å²) in [7, 11) is 0. The van der Waals surface area contributed by atoms with Crippen LogP contribution in [0.1, 0.15) is 38.6 Å². The van der Waals surface area contributed by atoms with Gasteiger partial charge in [-0.1, -0.05) is 32.1 Å². The lowest BCUT2D eigenvalue weighted by atomic mass is 9.73. The van der Waals surface area contributed by atoms with E-state index in [1.807, 2.05) is 10.0 Å². The molecule has 1 atom stereocenters. The summed E-state index contributed by atoms with van der Waals surface area (Å²) in [6.45, 7) is 7.01. The summed E-state index contributed by atoms with van der Waals surface area (Å²) in [5.74, 6) is 0.751. The predicted octanol–water partition coefficient (Wildman–Crippen LogP) is 2.94. The van der Waals surface area contributed by atoms with Crippen molar-refractivity contribution in [1.82, 2.24) is 14.6 Å². The summed E-state index contributed by atoms with van der Waals surface area (Å²) in [6.07, 6.45) is 3.51. The van der Waals surface area contributed by atoms with Gasteiger partial charge in [0.25, 0.3) is 0 Å². The largest absolute Gasteiger partial charge is 0.222 e. The van der Waals surface area contributed by atoms with E-state index in [1.165, 1.54) is 17.8 Å². The quantitative estimate of drug-likeness (QED) is 0.703. The van der Waals surface area contributed by atoms with Gasteiger partial charge in [0.15, 0.2) is 0 Å². The van der Waals surface area contributed by atoms with Gasteiger partial charge in [0.1, 0.15) is 5.51 Å². The Kier molecular flexibility index (Phi) is 2.11. The molecular weight excluding hydrogens is 218 g/mol. The van der Waals surface area contributed by atoms with Crippen molar-refractivity contribution in [1.29, 1.82) is 0 Å². The molecule has 86 valence electrons. The molecule has 0 amide bonds. The lowest BCUT2D eigenvalue weighted by Crippen LogP contribution is -2.27. The highest BCUT2D eigenvalue weighted by atomic mass is 32.1. The molecule has 1 aliphatic carbocycles. The maximum Gasteiger partial charge on any atom is 0.212 e. The first-order valence-electron chi connectivity index (χ1n) is 5.85. The second-order valence-corrected chi connectivity index (χ2v) is 6.56. The third kappa shape index (κ3) is 1.47. The first-order valence-corrected chi connectivity index (χ1v) is 6.73. The molecule has 1 unspecified atom stereocenters. The minimum Gasteiger partial charge on any atom is -0.222 e. The molecule has 4 heteroatoms. The van der Waals surface area contributed by atoms with E-state index in [9.17, 15) is 0 Å². The van der Waals surface area contributed by atoms with E-state index in [0.717, 1.165) is 23.7 Å². The third-order valence-electron chi connectivity index (χ3n) is 3.72. The molecule has 0 aliphatic heterocycles. The van der Waals surface area contributed by atoms with Crippen LogP contribution in [0.4, 0.5) is 0 Å². The second kappa shape index (κ2) is 3.29. The Bertz CT molecular complexity index is 518. The summed E-state index contributed by atoms with van der Waals surface area (Å²) >= 11 is 1.63. The molecule has 0 saturated carbocycles. The van der Waals surface area contributed by atoms with Crippen LogP contribution in [0, 0.1) is 11.3 Å². The van der Waals surface area contributed by atoms with Gasteiger partial charge < -0.3 is 0 Å². The summed E-state index contributed by atoms with van der Waals surface area (Å²) in [4.78, 5) is 5.70. The van der Waals surface area contributed by atoms with E-state index in [1.54, 1.807) is 11.3 Å². The number of hydrogen-bond acceptors (Lipinski definition) is 3. The average molecular weight is 235 g/mol. The molecule has 2 aromatic heterocycles. The molecule has 0 fully saturated rings. The normalized spacial score (nSPS) is 21.3. The van der Waals surface area contributed by atoms with E-state index in [2.05, 4.69) is 30.9 Å². The van der Waals surface area contributed by atoms with Crippen molar-refractivity contribution in [3.63, 3.8) is 0 Å². The molecule has 3 rings (SSSR count). The summed E-state index contributed by atoms with van der Waals surface area (Å²) in [6, 6.07) is 0. The van der Waals surface area contributed by atoms with Crippen molar-refractivity contribution >= 4 is 16.3 Å². The molecule has 2 heterocycles. The van der Waals surface area contributed by atoms with Crippen molar-refractivity contribution in [3.8, 4) is 0 Å². The molecule has 0 N–H and O–H groups in total. The van der Waals surface area contributed by atoms with E-state index < -0.39 is 0 Å². The molecule has 3 nitrogen and oxygen atoms in total. The Morgan fingerprint density at radius 3 is 3.00 bits per heavy atom. The van der Waals surface area contributed by atoms with Gasteiger partial charge in [-0.3, -0.25) is 0 Å². The maximum atomic E-state index is 4.65. The van der Waals surface area contributed by atoms with Crippen LogP contribution in [-0.4, -0.2) is 14.6 Å². The molecule has 0 spiro atoms. The monoisotopic (exact) mass is 235 g/mol. The molecular formula is C12H17N3S. The fourth-order valence-electron chi connectivity index (χ4n) is 2.57. The molecule has 16 heavy (non-hydrogen) atoms. The minimum atomic E-state index is 0.387. The first kappa shape index (κ1) is 10.3. The standard InChI is InChI=1S/C12H17N3S/c1-12(2,3)8-4-5-9-10(6-8)15-11(14-9)16-7-13-15/h7-8H,4-6H2,1-3H3. The van der Waals surface area contributed by atoms with E-state index in [-0.39, 0.29) is 0 Å². The van der Waals surface area contributed by atoms with Crippen LogP contribution >= 0.6 is 11.3 Å². The van der Waals surface area contributed by atoms with Gasteiger partial charge in [-0.2, -0.15) is 5.10 Å². The highest BCUT2D eigenvalue weighted by molar-refractivity contribution is 7.14. The topological polar surface area (TPSA) is 30.2 Å². The van der Waals surface area contributed by atoms with Gasteiger partial charge in [0.05, 0.1) is 11.4 Å². The van der Waals surface area contributed by atoms with Crippen LogP contribution in [0.5, 0.6) is 0 Å². The lowest BCUT2D eigenvalue weighted by Gasteiger charge is -2.33. The number of hydrogen-bond donors (Lipinski definition) is 0. The van der Waals surface area contributed by atoms with Crippen LogP contribution in [-0.2, 0) is 12.8 Å². The number of fused-ring (bicyclic) bond motifs is 3. The van der Waals surface area contributed by atoms with Crippen LogP contribution in [0.25, 0.3) is 4.96 Å². The fraction of sp³-hybridized carbons (Fsp3) is 0.667. The van der Waals surface area contributed by atoms with Gasteiger partial charge in [-0.05, 0) is 30.6 Å². The number of imidazole rings is 1. The summed E-state index contributed by atoms with van der Waals surface area (Å²) in [5.41, 5.74) is 4.89. The Morgan fingerprint density at radius 2 is 2.25 bits per heavy atom. The molecule has 0 aromatic carbocycles. The molecule has 1 aliphatic rings. The highest BCUT2D eigenvalue weighted by Crippen LogP contribution is 2.37. The molecule has 0 radical (unpaired) electrons. The maximum absolute atomic E-state index is 4.65. The van der Waals surface area contributed by atoms with Crippen molar-refractivity contribution in [2.45, 2.75) is 40.0 Å². The van der Waals surface area contributed by atoms with Gasteiger partial charge in [-0.15, -0.1) is 0 Å². The Labute approximate surface area is 99.5 Å². The Balaban J connectivity index is 2.03. The van der Waals surface area contributed by atoms with Crippen molar-refractivity contribution in [2.75, 3.05) is 0 Å². The van der Waals surface area contributed by atoms with E-state index in [0.29, 0.717) is 5.41 Å². The van der Waals surface area contributed by atoms with Crippen LogP contribution in [0.15, 0.2) is 5.51 Å². The molecule has 0 bridgehead atoms. The number of nitrogens with zero attached hydrogens (tertiary/aromatic N) is 3. The van der Waals surface area contributed by atoms with Crippen LogP contribution in [0.3, 0.4) is 0 Å². The van der Waals surface area contributed by atoms with Crippen molar-refractivity contribution in [2.24, 2.45) is 11.3 Å². The fourth-order valence-corrected chi connectivity index (χ4v) is 3.22. The molecule has 2 aromatic rings. The minimum absolute atomic E-state index is 0.387. The van der Waals surface area contributed by atoms with Crippen LogP contribution in [0.2, 0.25) is 0 Å². The number of aryl methyl sites for hydroxylation is 1. The van der Waals surface area contributed by atoms with Gasteiger partial charge in [-0.25, -0.2) is 9.50 Å². The lowest BCUT2D eigenvalue weighted by molar-refractivity contribution is 0.212. The highest BCUT2D eigenvalue weighted by Gasteiger charge is 2.31. The number of rotatable bonds is 0. The smallest absolute Gasteiger partial charge is 0.212 e.